The molecule has 0 amide bonds. The highest BCUT2D eigenvalue weighted by molar-refractivity contribution is 5.97. The summed E-state index contributed by atoms with van der Waals surface area (Å²) >= 11 is 0. The molecule has 0 bridgehead atoms. The Kier molecular flexibility index (Phi) is 6.14. The molecule has 132 valence electrons. The number of Topliss-reactive ketones (excluding diaryl/α,β-unsaturated/α-hetero) is 1. The number of benzene rings is 3. The highest BCUT2D eigenvalue weighted by Gasteiger charge is 2.12. The quantitative estimate of drug-likeness (QED) is 0.486. The standard InChI is InChI=1S/C22H21NO3/c24-22(16-23(25)15-18-8-3-1-4-9-18)20-12-7-13-21(14-20)26-17-19-10-5-2-6-11-19/h1-14,25H,15-17H2. The second-order valence-corrected chi connectivity index (χ2v) is 6.03. The van der Waals surface area contributed by atoms with Crippen LogP contribution in [-0.4, -0.2) is 22.6 Å². The maximum absolute atomic E-state index is 12.4. The van der Waals surface area contributed by atoms with E-state index in [1.807, 2.05) is 66.7 Å². The SMILES string of the molecule is O=C(CN(O)Cc1ccccc1)c1cccc(OCc2ccccc2)c1. The van der Waals surface area contributed by atoms with E-state index in [0.717, 1.165) is 16.2 Å². The van der Waals surface area contributed by atoms with Gasteiger partial charge < -0.3 is 9.94 Å². The van der Waals surface area contributed by atoms with Gasteiger partial charge in [-0.25, -0.2) is 0 Å². The number of ketones is 1. The van der Waals surface area contributed by atoms with Gasteiger partial charge in [-0.3, -0.25) is 4.79 Å². The van der Waals surface area contributed by atoms with Gasteiger partial charge in [0.2, 0.25) is 0 Å². The molecule has 0 aromatic heterocycles. The molecular weight excluding hydrogens is 326 g/mol. The molecule has 0 aliphatic carbocycles. The van der Waals surface area contributed by atoms with Gasteiger partial charge in [0.15, 0.2) is 5.78 Å². The highest BCUT2D eigenvalue weighted by Crippen LogP contribution is 2.16. The minimum Gasteiger partial charge on any atom is -0.489 e. The van der Waals surface area contributed by atoms with Crippen molar-refractivity contribution in [3.05, 3.63) is 102 Å². The first kappa shape index (κ1) is 17.9. The summed E-state index contributed by atoms with van der Waals surface area (Å²) < 4.78 is 5.76. The molecule has 3 rings (SSSR count). The number of nitrogens with zero attached hydrogens (tertiary/aromatic N) is 1. The third-order valence-corrected chi connectivity index (χ3v) is 3.94. The van der Waals surface area contributed by atoms with Gasteiger partial charge in [0.05, 0.1) is 6.54 Å². The zero-order valence-corrected chi connectivity index (χ0v) is 14.4. The molecule has 26 heavy (non-hydrogen) atoms. The summed E-state index contributed by atoms with van der Waals surface area (Å²) in [6.45, 7) is 0.673. The molecule has 3 aromatic rings. The largest absolute Gasteiger partial charge is 0.489 e. The Morgan fingerprint density at radius 3 is 2.19 bits per heavy atom. The number of rotatable bonds is 8. The number of carbonyl (C=O) groups excluding carboxylic acids is 1. The fourth-order valence-corrected chi connectivity index (χ4v) is 2.61. The van der Waals surface area contributed by atoms with Crippen LogP contribution in [0, 0.1) is 0 Å². The van der Waals surface area contributed by atoms with Gasteiger partial charge in [-0.2, -0.15) is 5.06 Å². The molecule has 0 atom stereocenters. The predicted molar refractivity (Wildman–Crippen MR) is 100 cm³/mol. The first-order chi connectivity index (χ1) is 12.7. The average Bonchev–Trinajstić information content (AvgIpc) is 2.68. The molecule has 4 nitrogen and oxygen atoms in total. The van der Waals surface area contributed by atoms with Crippen LogP contribution in [0.5, 0.6) is 5.75 Å². The fourth-order valence-electron chi connectivity index (χ4n) is 2.61. The zero-order chi connectivity index (χ0) is 18.2. The van der Waals surface area contributed by atoms with Crippen LogP contribution < -0.4 is 4.74 Å². The lowest BCUT2D eigenvalue weighted by molar-refractivity contribution is -0.0900. The molecule has 0 spiro atoms. The number of carbonyl (C=O) groups is 1. The molecule has 0 aliphatic heterocycles. The fraction of sp³-hybridized carbons (Fsp3) is 0.136. The Morgan fingerprint density at radius 2 is 1.50 bits per heavy atom. The van der Waals surface area contributed by atoms with E-state index in [1.54, 1.807) is 18.2 Å². The maximum atomic E-state index is 12.4. The minimum absolute atomic E-state index is 0.0724. The van der Waals surface area contributed by atoms with Crippen molar-refractivity contribution >= 4 is 5.78 Å². The molecule has 0 aliphatic rings. The molecule has 0 unspecified atom stereocenters. The molecule has 4 heteroatoms. The number of ether oxygens (including phenoxy) is 1. The summed E-state index contributed by atoms with van der Waals surface area (Å²) in [5.74, 6) is 0.473. The Morgan fingerprint density at radius 1 is 0.846 bits per heavy atom. The monoisotopic (exact) mass is 347 g/mol. The third-order valence-electron chi connectivity index (χ3n) is 3.94. The van der Waals surface area contributed by atoms with Gasteiger partial charge in [-0.05, 0) is 23.3 Å². The van der Waals surface area contributed by atoms with E-state index in [0.29, 0.717) is 24.5 Å². The minimum atomic E-state index is -0.159. The van der Waals surface area contributed by atoms with Crippen LogP contribution >= 0.6 is 0 Å². The third kappa shape index (κ3) is 5.28. The van der Waals surface area contributed by atoms with Crippen molar-refractivity contribution in [2.24, 2.45) is 0 Å². The lowest BCUT2D eigenvalue weighted by Gasteiger charge is -2.14. The van der Waals surface area contributed by atoms with Crippen molar-refractivity contribution in [2.75, 3.05) is 6.54 Å². The topological polar surface area (TPSA) is 49.8 Å². The Bertz CT molecular complexity index is 834. The van der Waals surface area contributed by atoms with Crippen molar-refractivity contribution in [1.29, 1.82) is 0 Å². The van der Waals surface area contributed by atoms with E-state index >= 15 is 0 Å². The van der Waals surface area contributed by atoms with Crippen LogP contribution in [0.15, 0.2) is 84.9 Å². The van der Waals surface area contributed by atoms with Crippen LogP contribution in [0.4, 0.5) is 0 Å². The summed E-state index contributed by atoms with van der Waals surface area (Å²) in [7, 11) is 0. The van der Waals surface area contributed by atoms with Crippen LogP contribution in [-0.2, 0) is 13.2 Å². The van der Waals surface area contributed by atoms with Crippen LogP contribution in [0.2, 0.25) is 0 Å². The van der Waals surface area contributed by atoms with Crippen molar-refractivity contribution < 1.29 is 14.7 Å². The van der Waals surface area contributed by atoms with E-state index in [1.165, 1.54) is 0 Å². The molecule has 0 saturated heterocycles. The second-order valence-electron chi connectivity index (χ2n) is 6.03. The van der Waals surface area contributed by atoms with Crippen molar-refractivity contribution in [3.8, 4) is 5.75 Å². The summed E-state index contributed by atoms with van der Waals surface area (Å²) in [5, 5.41) is 11.1. The second kappa shape index (κ2) is 8.94. The average molecular weight is 347 g/mol. The van der Waals surface area contributed by atoms with Gasteiger partial charge in [0, 0.05) is 12.1 Å². The van der Waals surface area contributed by atoms with Crippen molar-refractivity contribution in [1.82, 2.24) is 5.06 Å². The van der Waals surface area contributed by atoms with Crippen LogP contribution in [0.1, 0.15) is 21.5 Å². The van der Waals surface area contributed by atoms with E-state index in [2.05, 4.69) is 0 Å². The first-order valence-electron chi connectivity index (χ1n) is 8.48. The molecule has 0 saturated carbocycles. The Labute approximate surface area is 153 Å². The Balaban J connectivity index is 1.57. The highest BCUT2D eigenvalue weighted by atomic mass is 16.5. The lowest BCUT2D eigenvalue weighted by Crippen LogP contribution is -2.26. The number of hydrogen-bond acceptors (Lipinski definition) is 4. The van der Waals surface area contributed by atoms with Crippen LogP contribution in [0.3, 0.4) is 0 Å². The summed E-state index contributed by atoms with van der Waals surface area (Å²) in [4.78, 5) is 12.4. The normalized spacial score (nSPS) is 10.7. The zero-order valence-electron chi connectivity index (χ0n) is 14.4. The van der Waals surface area contributed by atoms with Gasteiger partial charge in [0.25, 0.3) is 0 Å². The molecule has 0 heterocycles. The van der Waals surface area contributed by atoms with Gasteiger partial charge >= 0.3 is 0 Å². The lowest BCUT2D eigenvalue weighted by atomic mass is 10.1. The summed E-state index contributed by atoms with van der Waals surface area (Å²) in [5.41, 5.74) is 2.53. The van der Waals surface area contributed by atoms with E-state index < -0.39 is 0 Å². The van der Waals surface area contributed by atoms with Crippen molar-refractivity contribution in [2.45, 2.75) is 13.2 Å². The molecule has 0 radical (unpaired) electrons. The first-order valence-corrected chi connectivity index (χ1v) is 8.48. The Hall–Kier alpha value is -2.95. The maximum Gasteiger partial charge on any atom is 0.179 e. The number of hydroxylamine groups is 2. The molecule has 1 N–H and O–H groups in total. The van der Waals surface area contributed by atoms with E-state index in [4.69, 9.17) is 4.74 Å². The van der Waals surface area contributed by atoms with Crippen LogP contribution in [0.25, 0.3) is 0 Å². The van der Waals surface area contributed by atoms with Crippen molar-refractivity contribution in [3.63, 3.8) is 0 Å². The van der Waals surface area contributed by atoms with Gasteiger partial charge in [0.1, 0.15) is 12.4 Å². The predicted octanol–water partition coefficient (Wildman–Crippen LogP) is 4.34. The number of hydrogen-bond donors (Lipinski definition) is 1. The summed E-state index contributed by atoms with van der Waals surface area (Å²) in [6.07, 6.45) is 0. The van der Waals surface area contributed by atoms with Gasteiger partial charge in [-0.15, -0.1) is 0 Å². The smallest absolute Gasteiger partial charge is 0.179 e. The summed E-state index contributed by atoms with van der Waals surface area (Å²) in [6, 6.07) is 26.4. The van der Waals surface area contributed by atoms with E-state index in [9.17, 15) is 10.0 Å². The molecular formula is C22H21NO3. The van der Waals surface area contributed by atoms with E-state index in [-0.39, 0.29) is 12.3 Å². The molecule has 0 fully saturated rings. The van der Waals surface area contributed by atoms with Gasteiger partial charge in [-0.1, -0.05) is 72.8 Å². The molecule has 3 aromatic carbocycles.